The number of carbonyl (C=O) groups excluding carboxylic acids is 1. The number of hydrogen-bond donors (Lipinski definition) is 2. The fourth-order valence-corrected chi connectivity index (χ4v) is 2.53. The summed E-state index contributed by atoms with van der Waals surface area (Å²) in [5.74, 6) is 0.686. The van der Waals surface area contributed by atoms with Gasteiger partial charge in [-0.15, -0.1) is 0 Å². The van der Waals surface area contributed by atoms with Gasteiger partial charge in [-0.2, -0.15) is 0 Å². The maximum atomic E-state index is 12.4. The van der Waals surface area contributed by atoms with E-state index in [-0.39, 0.29) is 11.7 Å². The van der Waals surface area contributed by atoms with Crippen molar-refractivity contribution in [1.82, 2.24) is 0 Å². The van der Waals surface area contributed by atoms with Gasteiger partial charge in [-0.1, -0.05) is 19.1 Å². The number of rotatable bonds is 6. The van der Waals surface area contributed by atoms with Gasteiger partial charge in [0.2, 0.25) is 0 Å². The molecular weight excluding hydrogens is 362 g/mol. The Morgan fingerprint density at radius 3 is 2.70 bits per heavy atom. The molecule has 0 saturated carbocycles. The third-order valence-electron chi connectivity index (χ3n) is 3.09. The van der Waals surface area contributed by atoms with Gasteiger partial charge in [0, 0.05) is 5.56 Å². The number of phenols is 1. The second-order valence-electron chi connectivity index (χ2n) is 4.81. The number of ether oxygens (including phenoxy) is 2. The first-order valence-corrected chi connectivity index (χ1v) is 7.95. The van der Waals surface area contributed by atoms with Crippen LogP contribution in [0.3, 0.4) is 0 Å². The number of amides is 1. The van der Waals surface area contributed by atoms with Gasteiger partial charge in [-0.3, -0.25) is 4.79 Å². The van der Waals surface area contributed by atoms with Gasteiger partial charge in [-0.25, -0.2) is 0 Å². The average molecular weight is 380 g/mol. The van der Waals surface area contributed by atoms with E-state index >= 15 is 0 Å². The van der Waals surface area contributed by atoms with Crippen molar-refractivity contribution in [2.24, 2.45) is 0 Å². The van der Waals surface area contributed by atoms with Crippen LogP contribution in [0.1, 0.15) is 23.7 Å². The zero-order valence-electron chi connectivity index (χ0n) is 12.9. The summed E-state index contributed by atoms with van der Waals surface area (Å²) in [7, 11) is 1.52. The highest BCUT2D eigenvalue weighted by Gasteiger charge is 2.16. The lowest BCUT2D eigenvalue weighted by molar-refractivity contribution is 0.102. The van der Waals surface area contributed by atoms with E-state index in [1.165, 1.54) is 13.2 Å². The second kappa shape index (κ2) is 7.87. The van der Waals surface area contributed by atoms with Crippen LogP contribution < -0.4 is 14.8 Å². The second-order valence-corrected chi connectivity index (χ2v) is 5.66. The number of phenolic OH excluding ortho intramolecular Hbond substituents is 1. The van der Waals surface area contributed by atoms with Crippen molar-refractivity contribution in [3.05, 3.63) is 46.4 Å². The number of para-hydroxylation sites is 2. The van der Waals surface area contributed by atoms with Crippen molar-refractivity contribution in [1.29, 1.82) is 0 Å². The van der Waals surface area contributed by atoms with E-state index in [0.29, 0.717) is 33.8 Å². The van der Waals surface area contributed by atoms with E-state index in [4.69, 9.17) is 9.47 Å². The molecule has 0 bridgehead atoms. The van der Waals surface area contributed by atoms with Gasteiger partial charge in [-0.05, 0) is 46.6 Å². The predicted molar refractivity (Wildman–Crippen MR) is 92.5 cm³/mol. The van der Waals surface area contributed by atoms with E-state index < -0.39 is 0 Å². The Bertz CT molecular complexity index is 703. The molecule has 2 aromatic rings. The first kappa shape index (κ1) is 17.1. The number of methoxy groups -OCH3 is 1. The van der Waals surface area contributed by atoms with Crippen molar-refractivity contribution in [2.75, 3.05) is 19.0 Å². The standard InChI is InChI=1S/C17H18BrNO4/c1-3-8-23-16-12(18)9-11(10-15(16)22-2)17(21)19-13-6-4-5-7-14(13)20/h4-7,9-10,20H,3,8H2,1-2H3,(H,19,21). The Hall–Kier alpha value is -2.21. The van der Waals surface area contributed by atoms with Gasteiger partial charge >= 0.3 is 0 Å². The summed E-state index contributed by atoms with van der Waals surface area (Å²) in [5.41, 5.74) is 0.736. The minimum Gasteiger partial charge on any atom is -0.506 e. The van der Waals surface area contributed by atoms with Crippen molar-refractivity contribution in [2.45, 2.75) is 13.3 Å². The Morgan fingerprint density at radius 1 is 1.30 bits per heavy atom. The lowest BCUT2D eigenvalue weighted by Crippen LogP contribution is -2.12. The summed E-state index contributed by atoms with van der Waals surface area (Å²) in [6.45, 7) is 2.56. The van der Waals surface area contributed by atoms with E-state index in [1.807, 2.05) is 6.92 Å². The van der Waals surface area contributed by atoms with Crippen LogP contribution in [-0.2, 0) is 0 Å². The molecule has 2 N–H and O–H groups in total. The highest BCUT2D eigenvalue weighted by Crippen LogP contribution is 2.37. The highest BCUT2D eigenvalue weighted by atomic mass is 79.9. The molecule has 0 aliphatic rings. The molecule has 2 rings (SSSR count). The molecule has 0 atom stereocenters. The smallest absolute Gasteiger partial charge is 0.255 e. The first-order valence-electron chi connectivity index (χ1n) is 7.16. The minimum absolute atomic E-state index is 0.00906. The molecule has 23 heavy (non-hydrogen) atoms. The molecular formula is C17H18BrNO4. The molecule has 0 spiro atoms. The number of nitrogens with one attached hydrogen (secondary N) is 1. The van der Waals surface area contributed by atoms with Crippen LogP contribution >= 0.6 is 15.9 Å². The van der Waals surface area contributed by atoms with Crippen LogP contribution in [-0.4, -0.2) is 24.7 Å². The summed E-state index contributed by atoms with van der Waals surface area (Å²) >= 11 is 3.40. The molecule has 2 aromatic carbocycles. The molecule has 1 amide bonds. The third-order valence-corrected chi connectivity index (χ3v) is 3.68. The van der Waals surface area contributed by atoms with E-state index in [9.17, 15) is 9.90 Å². The molecule has 0 aromatic heterocycles. The largest absolute Gasteiger partial charge is 0.506 e. The van der Waals surface area contributed by atoms with Crippen molar-refractivity contribution >= 4 is 27.5 Å². The maximum Gasteiger partial charge on any atom is 0.255 e. The minimum atomic E-state index is -0.354. The number of halogens is 1. The summed E-state index contributed by atoms with van der Waals surface area (Å²) in [5, 5.41) is 12.4. The molecule has 6 heteroatoms. The Morgan fingerprint density at radius 2 is 2.04 bits per heavy atom. The number of carbonyl (C=O) groups is 1. The summed E-state index contributed by atoms with van der Waals surface area (Å²) in [6, 6.07) is 9.80. The number of anilines is 1. The quantitative estimate of drug-likeness (QED) is 0.737. The lowest BCUT2D eigenvalue weighted by Gasteiger charge is -2.14. The fourth-order valence-electron chi connectivity index (χ4n) is 1.97. The van der Waals surface area contributed by atoms with Crippen LogP contribution in [0, 0.1) is 0 Å². The van der Waals surface area contributed by atoms with Gasteiger partial charge in [0.05, 0.1) is 23.9 Å². The van der Waals surface area contributed by atoms with E-state index in [0.717, 1.165) is 6.42 Å². The topological polar surface area (TPSA) is 67.8 Å². The zero-order valence-corrected chi connectivity index (χ0v) is 14.5. The Balaban J connectivity index is 2.27. The monoisotopic (exact) mass is 379 g/mol. The zero-order chi connectivity index (χ0) is 16.8. The van der Waals surface area contributed by atoms with Crippen LogP contribution in [0.5, 0.6) is 17.2 Å². The maximum absolute atomic E-state index is 12.4. The average Bonchev–Trinajstić information content (AvgIpc) is 2.55. The van der Waals surface area contributed by atoms with Crippen LogP contribution in [0.25, 0.3) is 0 Å². The van der Waals surface area contributed by atoms with Crippen LogP contribution in [0.15, 0.2) is 40.9 Å². The molecule has 0 aliphatic carbocycles. The Labute approximate surface area is 143 Å². The van der Waals surface area contributed by atoms with Crippen molar-refractivity contribution < 1.29 is 19.4 Å². The van der Waals surface area contributed by atoms with Gasteiger partial charge in [0.15, 0.2) is 11.5 Å². The summed E-state index contributed by atoms with van der Waals surface area (Å²) in [6.07, 6.45) is 0.866. The van der Waals surface area contributed by atoms with Gasteiger partial charge < -0.3 is 19.9 Å². The SMILES string of the molecule is CCCOc1c(Br)cc(C(=O)Nc2ccccc2O)cc1OC. The molecule has 0 radical (unpaired) electrons. The molecule has 0 fully saturated rings. The lowest BCUT2D eigenvalue weighted by atomic mass is 10.1. The highest BCUT2D eigenvalue weighted by molar-refractivity contribution is 9.10. The van der Waals surface area contributed by atoms with Gasteiger partial charge in [0.1, 0.15) is 5.75 Å². The van der Waals surface area contributed by atoms with Crippen molar-refractivity contribution in [3.8, 4) is 17.2 Å². The molecule has 5 nitrogen and oxygen atoms in total. The third kappa shape index (κ3) is 4.16. The number of hydrogen-bond acceptors (Lipinski definition) is 4. The van der Waals surface area contributed by atoms with E-state index in [2.05, 4.69) is 21.2 Å². The molecule has 0 aliphatic heterocycles. The van der Waals surface area contributed by atoms with Gasteiger partial charge in [0.25, 0.3) is 5.91 Å². The summed E-state index contributed by atoms with van der Waals surface area (Å²) in [4.78, 5) is 12.4. The molecule has 0 saturated heterocycles. The first-order chi connectivity index (χ1) is 11.1. The predicted octanol–water partition coefficient (Wildman–Crippen LogP) is 4.20. The van der Waals surface area contributed by atoms with Crippen LogP contribution in [0.4, 0.5) is 5.69 Å². The molecule has 0 heterocycles. The Kier molecular flexibility index (Phi) is 5.87. The van der Waals surface area contributed by atoms with Crippen molar-refractivity contribution in [3.63, 3.8) is 0 Å². The summed E-state index contributed by atoms with van der Waals surface area (Å²) < 4.78 is 11.6. The normalized spacial score (nSPS) is 10.2. The van der Waals surface area contributed by atoms with Crippen LogP contribution in [0.2, 0.25) is 0 Å². The molecule has 122 valence electrons. The fraction of sp³-hybridized carbons (Fsp3) is 0.235. The number of benzene rings is 2. The molecule has 0 unspecified atom stereocenters. The number of aromatic hydroxyl groups is 1. The van der Waals surface area contributed by atoms with E-state index in [1.54, 1.807) is 30.3 Å².